The van der Waals surface area contributed by atoms with E-state index in [2.05, 4.69) is 84.2 Å². The minimum atomic E-state index is 0.962. The van der Waals surface area contributed by atoms with E-state index in [1.54, 1.807) is 0 Å². The zero-order chi connectivity index (χ0) is 16.2. The fraction of sp³-hybridized carbons (Fsp3) is 0.0435. The first kappa shape index (κ1) is 14.5. The highest BCUT2D eigenvalue weighted by Crippen LogP contribution is 2.26. The predicted molar refractivity (Wildman–Crippen MR) is 103 cm³/mol. The van der Waals surface area contributed by atoms with Gasteiger partial charge in [-0.25, -0.2) is 0 Å². The molecule has 4 aromatic rings. The summed E-state index contributed by atoms with van der Waals surface area (Å²) in [5, 5.41) is 6.05. The minimum absolute atomic E-state index is 0.962. The summed E-state index contributed by atoms with van der Waals surface area (Å²) in [6.07, 6.45) is 0.962. The molecule has 116 valence electrons. The second-order valence-electron chi connectivity index (χ2n) is 6.01. The fourth-order valence-corrected chi connectivity index (χ4v) is 3.09. The lowest BCUT2D eigenvalue weighted by atomic mass is 9.98. The van der Waals surface area contributed by atoms with Crippen molar-refractivity contribution >= 4 is 22.1 Å². The predicted octanol–water partition coefficient (Wildman–Crippen LogP) is 6.17. The Labute approximate surface area is 142 Å². The summed E-state index contributed by atoms with van der Waals surface area (Å²) < 4.78 is 0. The highest BCUT2D eigenvalue weighted by atomic mass is 14.9. The van der Waals surface area contributed by atoms with Crippen molar-refractivity contribution in [3.05, 3.63) is 108 Å². The van der Waals surface area contributed by atoms with Gasteiger partial charge in [-0.2, -0.15) is 0 Å². The van der Waals surface area contributed by atoms with Gasteiger partial charge in [0.2, 0.25) is 0 Å². The average Bonchev–Trinajstić information content (AvgIpc) is 2.63. The molecular formula is C23H19N. The molecule has 1 N–H and O–H groups in total. The maximum atomic E-state index is 3.47. The average molecular weight is 309 g/mol. The van der Waals surface area contributed by atoms with Crippen LogP contribution in [0.4, 0.5) is 11.4 Å². The summed E-state index contributed by atoms with van der Waals surface area (Å²) in [6, 6.07) is 34.1. The van der Waals surface area contributed by atoms with E-state index >= 15 is 0 Å². The lowest BCUT2D eigenvalue weighted by Gasteiger charge is -2.10. The molecule has 1 heteroatoms. The maximum absolute atomic E-state index is 3.47. The first-order valence-corrected chi connectivity index (χ1v) is 8.26. The van der Waals surface area contributed by atoms with Crippen LogP contribution >= 0.6 is 0 Å². The van der Waals surface area contributed by atoms with Crippen LogP contribution in [0.25, 0.3) is 10.8 Å². The van der Waals surface area contributed by atoms with E-state index in [1.165, 1.54) is 21.9 Å². The number of hydrogen-bond donors (Lipinski definition) is 1. The normalized spacial score (nSPS) is 10.7. The van der Waals surface area contributed by atoms with E-state index in [-0.39, 0.29) is 0 Å². The molecule has 0 saturated carbocycles. The highest BCUT2D eigenvalue weighted by molar-refractivity contribution is 5.89. The third-order valence-corrected chi connectivity index (χ3v) is 4.27. The van der Waals surface area contributed by atoms with Gasteiger partial charge in [0.25, 0.3) is 0 Å². The molecule has 0 amide bonds. The molecule has 0 fully saturated rings. The van der Waals surface area contributed by atoms with Crippen molar-refractivity contribution in [3.8, 4) is 0 Å². The molecule has 0 unspecified atom stereocenters. The number of nitrogens with one attached hydrogen (secondary N) is 1. The van der Waals surface area contributed by atoms with E-state index in [4.69, 9.17) is 0 Å². The van der Waals surface area contributed by atoms with Gasteiger partial charge in [-0.05, 0) is 52.6 Å². The smallest absolute Gasteiger partial charge is 0.0390 e. The van der Waals surface area contributed by atoms with Crippen molar-refractivity contribution in [2.45, 2.75) is 6.42 Å². The van der Waals surface area contributed by atoms with Crippen LogP contribution in [0.2, 0.25) is 0 Å². The Bertz CT molecular complexity index is 943. The Kier molecular flexibility index (Phi) is 3.99. The summed E-state index contributed by atoms with van der Waals surface area (Å²) in [5.41, 5.74) is 4.93. The molecule has 0 saturated heterocycles. The molecule has 0 heterocycles. The van der Waals surface area contributed by atoms with Gasteiger partial charge in [-0.3, -0.25) is 0 Å². The Hall–Kier alpha value is -3.06. The first-order valence-electron chi connectivity index (χ1n) is 8.26. The van der Waals surface area contributed by atoms with Crippen molar-refractivity contribution in [1.82, 2.24) is 0 Å². The third kappa shape index (κ3) is 3.16. The zero-order valence-electron chi connectivity index (χ0n) is 13.4. The molecule has 0 aliphatic heterocycles. The lowest BCUT2D eigenvalue weighted by Crippen LogP contribution is -1.92. The third-order valence-electron chi connectivity index (χ3n) is 4.27. The second kappa shape index (κ2) is 6.59. The summed E-state index contributed by atoms with van der Waals surface area (Å²) in [7, 11) is 0. The van der Waals surface area contributed by atoms with Crippen LogP contribution < -0.4 is 5.32 Å². The number of benzene rings is 4. The van der Waals surface area contributed by atoms with Gasteiger partial charge in [-0.15, -0.1) is 0 Å². The Morgan fingerprint density at radius 3 is 2.12 bits per heavy atom. The molecule has 0 bridgehead atoms. The molecule has 0 radical (unpaired) electrons. The summed E-state index contributed by atoms with van der Waals surface area (Å²) in [6.45, 7) is 0. The molecule has 4 rings (SSSR count). The van der Waals surface area contributed by atoms with Crippen LogP contribution in [0.5, 0.6) is 0 Å². The highest BCUT2D eigenvalue weighted by Gasteiger charge is 2.03. The molecule has 0 atom stereocenters. The summed E-state index contributed by atoms with van der Waals surface area (Å²) in [5.74, 6) is 0. The van der Waals surface area contributed by atoms with Gasteiger partial charge in [0.05, 0.1) is 0 Å². The van der Waals surface area contributed by atoms with E-state index in [0.29, 0.717) is 0 Å². The minimum Gasteiger partial charge on any atom is -0.356 e. The monoisotopic (exact) mass is 309 g/mol. The van der Waals surface area contributed by atoms with Gasteiger partial charge in [0.15, 0.2) is 0 Å². The van der Waals surface area contributed by atoms with Gasteiger partial charge in [0, 0.05) is 11.4 Å². The van der Waals surface area contributed by atoms with E-state index < -0.39 is 0 Å². The Morgan fingerprint density at radius 1 is 0.583 bits per heavy atom. The van der Waals surface area contributed by atoms with E-state index in [0.717, 1.165) is 17.8 Å². The topological polar surface area (TPSA) is 12.0 Å². The SMILES string of the molecule is c1ccc(Cc2cccc3cc(Nc4ccccc4)ccc23)cc1. The van der Waals surface area contributed by atoms with Gasteiger partial charge < -0.3 is 5.32 Å². The van der Waals surface area contributed by atoms with Crippen molar-refractivity contribution in [2.75, 3.05) is 5.32 Å². The Morgan fingerprint density at radius 2 is 1.33 bits per heavy atom. The van der Waals surface area contributed by atoms with Gasteiger partial charge in [-0.1, -0.05) is 72.8 Å². The van der Waals surface area contributed by atoms with Crippen molar-refractivity contribution in [2.24, 2.45) is 0 Å². The standard InChI is InChI=1S/C23H19N/c1-3-8-18(9-4-1)16-19-10-7-11-20-17-22(14-15-23(19)20)24-21-12-5-2-6-13-21/h1-15,17,24H,16H2. The van der Waals surface area contributed by atoms with Crippen molar-refractivity contribution < 1.29 is 0 Å². The van der Waals surface area contributed by atoms with Crippen molar-refractivity contribution in [3.63, 3.8) is 0 Å². The summed E-state index contributed by atoms with van der Waals surface area (Å²) in [4.78, 5) is 0. The molecule has 0 aliphatic carbocycles. The number of rotatable bonds is 4. The Balaban J connectivity index is 1.66. The second-order valence-corrected chi connectivity index (χ2v) is 6.01. The van der Waals surface area contributed by atoms with Crippen LogP contribution in [-0.2, 0) is 6.42 Å². The number of anilines is 2. The quantitative estimate of drug-likeness (QED) is 0.475. The van der Waals surface area contributed by atoms with Crippen molar-refractivity contribution in [1.29, 1.82) is 0 Å². The van der Waals surface area contributed by atoms with Crippen LogP contribution in [0.3, 0.4) is 0 Å². The molecule has 0 aliphatic rings. The fourth-order valence-electron chi connectivity index (χ4n) is 3.09. The van der Waals surface area contributed by atoms with Crippen LogP contribution in [0.1, 0.15) is 11.1 Å². The van der Waals surface area contributed by atoms with Crippen LogP contribution in [0.15, 0.2) is 97.1 Å². The molecule has 0 spiro atoms. The first-order chi connectivity index (χ1) is 11.9. The molecular weight excluding hydrogens is 290 g/mol. The molecule has 24 heavy (non-hydrogen) atoms. The lowest BCUT2D eigenvalue weighted by molar-refractivity contribution is 1.21. The number of hydrogen-bond acceptors (Lipinski definition) is 1. The summed E-state index contributed by atoms with van der Waals surface area (Å²) >= 11 is 0. The largest absolute Gasteiger partial charge is 0.356 e. The molecule has 4 aromatic carbocycles. The van der Waals surface area contributed by atoms with Crippen LogP contribution in [0, 0.1) is 0 Å². The van der Waals surface area contributed by atoms with Crippen LogP contribution in [-0.4, -0.2) is 0 Å². The zero-order valence-corrected chi connectivity index (χ0v) is 13.4. The molecule has 0 aromatic heterocycles. The molecule has 1 nitrogen and oxygen atoms in total. The van der Waals surface area contributed by atoms with Gasteiger partial charge in [0.1, 0.15) is 0 Å². The van der Waals surface area contributed by atoms with E-state index in [1.807, 2.05) is 18.2 Å². The van der Waals surface area contributed by atoms with E-state index in [9.17, 15) is 0 Å². The number of fused-ring (bicyclic) bond motifs is 1. The maximum Gasteiger partial charge on any atom is 0.0390 e. The van der Waals surface area contributed by atoms with Gasteiger partial charge >= 0.3 is 0 Å². The number of para-hydroxylation sites is 1.